The zero-order valence-electron chi connectivity index (χ0n) is 19.4. The standard InChI is InChI=1S/C25H30FN3O4S/c1-17-7-11-21(12-8-17)27-23(30)15-34(33)16-24(31)29(22-13-9-19(26)10-14-22)18(2)25(32)28-20-5-3-4-6-20/h7-14,18,20H,3-6,15-16H2,1-2H3,(H,27,30)(H,28,32)/t18-,34-/m0/s1. The van der Waals surface area contributed by atoms with Crippen LogP contribution >= 0.6 is 0 Å². The molecule has 0 heterocycles. The Balaban J connectivity index is 1.66. The Hall–Kier alpha value is -3.07. The second-order valence-corrected chi connectivity index (χ2v) is 10.0. The second-order valence-electron chi connectivity index (χ2n) is 8.55. The van der Waals surface area contributed by atoms with Crippen LogP contribution in [-0.4, -0.2) is 45.5 Å². The minimum absolute atomic E-state index is 0.0692. The molecule has 1 aliphatic carbocycles. The van der Waals surface area contributed by atoms with Crippen LogP contribution in [0.2, 0.25) is 0 Å². The Kier molecular flexibility index (Phi) is 8.92. The van der Waals surface area contributed by atoms with E-state index in [2.05, 4.69) is 10.6 Å². The fourth-order valence-electron chi connectivity index (χ4n) is 3.93. The van der Waals surface area contributed by atoms with Gasteiger partial charge in [0.25, 0.3) is 0 Å². The van der Waals surface area contributed by atoms with E-state index in [9.17, 15) is 23.0 Å². The molecule has 1 fully saturated rings. The Labute approximate surface area is 201 Å². The van der Waals surface area contributed by atoms with E-state index in [1.165, 1.54) is 29.2 Å². The minimum Gasteiger partial charge on any atom is -0.352 e. The molecule has 2 aromatic rings. The van der Waals surface area contributed by atoms with Crippen molar-refractivity contribution in [2.45, 2.75) is 51.6 Å². The number of carbonyl (C=O) groups excluding carboxylic acids is 3. The first kappa shape index (κ1) is 25.6. The summed E-state index contributed by atoms with van der Waals surface area (Å²) in [5, 5.41) is 5.62. The highest BCUT2D eigenvalue weighted by atomic mass is 32.2. The van der Waals surface area contributed by atoms with E-state index >= 15 is 0 Å². The summed E-state index contributed by atoms with van der Waals surface area (Å²) in [6, 6.07) is 11.5. The first-order chi connectivity index (χ1) is 16.2. The Morgan fingerprint density at radius 2 is 1.65 bits per heavy atom. The number of benzene rings is 2. The number of rotatable bonds is 9. The highest BCUT2D eigenvalue weighted by Gasteiger charge is 2.30. The number of aryl methyl sites for hydroxylation is 1. The van der Waals surface area contributed by atoms with Crippen molar-refractivity contribution in [3.63, 3.8) is 0 Å². The highest BCUT2D eigenvalue weighted by molar-refractivity contribution is 7.86. The van der Waals surface area contributed by atoms with Gasteiger partial charge in [-0.1, -0.05) is 30.5 Å². The molecule has 3 rings (SSSR count). The first-order valence-corrected chi connectivity index (χ1v) is 12.8. The fraction of sp³-hybridized carbons (Fsp3) is 0.400. The molecule has 0 radical (unpaired) electrons. The van der Waals surface area contributed by atoms with Crippen molar-refractivity contribution >= 4 is 39.9 Å². The normalized spacial score (nSPS) is 15.4. The maximum Gasteiger partial charge on any atom is 0.243 e. The second kappa shape index (κ2) is 11.9. The van der Waals surface area contributed by atoms with Crippen molar-refractivity contribution in [1.29, 1.82) is 0 Å². The summed E-state index contributed by atoms with van der Waals surface area (Å²) in [6.45, 7) is 3.51. The summed E-state index contributed by atoms with van der Waals surface area (Å²) >= 11 is 0. The molecule has 0 spiro atoms. The van der Waals surface area contributed by atoms with Crippen molar-refractivity contribution in [3.8, 4) is 0 Å². The molecule has 34 heavy (non-hydrogen) atoms. The summed E-state index contributed by atoms with van der Waals surface area (Å²) in [7, 11) is -1.80. The van der Waals surface area contributed by atoms with E-state index < -0.39 is 40.2 Å². The largest absolute Gasteiger partial charge is 0.352 e. The van der Waals surface area contributed by atoms with Crippen LogP contribution in [0.1, 0.15) is 38.2 Å². The SMILES string of the molecule is Cc1ccc(NC(=O)C[S@](=O)CC(=O)N(c2ccc(F)cc2)[C@@H](C)C(=O)NC2CCCC2)cc1. The van der Waals surface area contributed by atoms with Crippen molar-refractivity contribution in [3.05, 3.63) is 59.9 Å². The van der Waals surface area contributed by atoms with Crippen LogP contribution in [0, 0.1) is 12.7 Å². The zero-order valence-corrected chi connectivity index (χ0v) is 20.2. The molecule has 9 heteroatoms. The monoisotopic (exact) mass is 487 g/mol. The number of nitrogens with one attached hydrogen (secondary N) is 2. The Bertz CT molecular complexity index is 1040. The van der Waals surface area contributed by atoms with E-state index in [0.29, 0.717) is 11.4 Å². The van der Waals surface area contributed by atoms with Gasteiger partial charge in [-0.3, -0.25) is 23.5 Å². The van der Waals surface area contributed by atoms with E-state index in [4.69, 9.17) is 0 Å². The third kappa shape index (κ3) is 7.21. The number of amides is 3. The molecule has 182 valence electrons. The molecule has 2 N–H and O–H groups in total. The summed E-state index contributed by atoms with van der Waals surface area (Å²) in [5.74, 6) is -2.67. The predicted octanol–water partition coefficient (Wildman–Crippen LogP) is 3.30. The van der Waals surface area contributed by atoms with Crippen LogP contribution in [0.3, 0.4) is 0 Å². The van der Waals surface area contributed by atoms with Crippen molar-refractivity contribution in [2.75, 3.05) is 21.7 Å². The molecule has 0 bridgehead atoms. The van der Waals surface area contributed by atoms with Crippen LogP contribution < -0.4 is 15.5 Å². The number of hydrogen-bond acceptors (Lipinski definition) is 4. The maximum absolute atomic E-state index is 13.5. The Morgan fingerprint density at radius 1 is 1.03 bits per heavy atom. The van der Waals surface area contributed by atoms with Crippen molar-refractivity contribution in [2.24, 2.45) is 0 Å². The lowest BCUT2D eigenvalue weighted by Crippen LogP contribution is -2.51. The lowest BCUT2D eigenvalue weighted by Gasteiger charge is -2.29. The molecule has 3 amide bonds. The number of anilines is 2. The van der Waals surface area contributed by atoms with Crippen LogP contribution in [0.4, 0.5) is 15.8 Å². The molecule has 2 aromatic carbocycles. The molecule has 1 aliphatic rings. The lowest BCUT2D eigenvalue weighted by atomic mass is 10.1. The molecule has 0 aromatic heterocycles. The van der Waals surface area contributed by atoms with Gasteiger partial charge >= 0.3 is 0 Å². The van der Waals surface area contributed by atoms with E-state index in [1.807, 2.05) is 19.1 Å². The van der Waals surface area contributed by atoms with Crippen LogP contribution in [0.15, 0.2) is 48.5 Å². The molecule has 2 atom stereocenters. The number of carbonyl (C=O) groups is 3. The van der Waals surface area contributed by atoms with Gasteiger partial charge < -0.3 is 10.6 Å². The first-order valence-electron chi connectivity index (χ1n) is 11.3. The van der Waals surface area contributed by atoms with Gasteiger partial charge in [0.15, 0.2) is 0 Å². The number of nitrogens with zero attached hydrogens (tertiary/aromatic N) is 1. The summed E-state index contributed by atoms with van der Waals surface area (Å²) < 4.78 is 26.1. The van der Waals surface area contributed by atoms with Gasteiger partial charge in [0.1, 0.15) is 23.4 Å². The van der Waals surface area contributed by atoms with E-state index in [-0.39, 0.29) is 17.7 Å². The van der Waals surface area contributed by atoms with Crippen molar-refractivity contribution < 1.29 is 23.0 Å². The molecular formula is C25H30FN3O4S. The molecule has 1 saturated carbocycles. The topological polar surface area (TPSA) is 95.6 Å². The summed E-state index contributed by atoms with van der Waals surface area (Å²) in [6.07, 6.45) is 3.87. The van der Waals surface area contributed by atoms with Gasteiger partial charge in [0, 0.05) is 28.2 Å². The zero-order chi connectivity index (χ0) is 24.7. The van der Waals surface area contributed by atoms with Gasteiger partial charge in [-0.05, 0) is 63.1 Å². The molecule has 7 nitrogen and oxygen atoms in total. The molecule has 0 saturated heterocycles. The Morgan fingerprint density at radius 3 is 2.26 bits per heavy atom. The molecular weight excluding hydrogens is 457 g/mol. The van der Waals surface area contributed by atoms with Gasteiger partial charge in [-0.25, -0.2) is 4.39 Å². The summed E-state index contributed by atoms with van der Waals surface area (Å²) in [4.78, 5) is 39.5. The summed E-state index contributed by atoms with van der Waals surface area (Å²) in [5.41, 5.74) is 1.93. The molecule has 0 aliphatic heterocycles. The maximum atomic E-state index is 13.5. The molecule has 0 unspecified atom stereocenters. The number of halogens is 1. The minimum atomic E-state index is -1.80. The average molecular weight is 488 g/mol. The predicted molar refractivity (Wildman–Crippen MR) is 131 cm³/mol. The van der Waals surface area contributed by atoms with Gasteiger partial charge in [-0.15, -0.1) is 0 Å². The highest BCUT2D eigenvalue weighted by Crippen LogP contribution is 2.21. The third-order valence-corrected chi connectivity index (χ3v) is 6.91. The van der Waals surface area contributed by atoms with E-state index in [1.54, 1.807) is 19.1 Å². The van der Waals surface area contributed by atoms with Crippen LogP contribution in [0.5, 0.6) is 0 Å². The van der Waals surface area contributed by atoms with Gasteiger partial charge in [0.2, 0.25) is 17.7 Å². The van der Waals surface area contributed by atoms with Gasteiger partial charge in [-0.2, -0.15) is 0 Å². The van der Waals surface area contributed by atoms with Crippen molar-refractivity contribution in [1.82, 2.24) is 5.32 Å². The van der Waals surface area contributed by atoms with E-state index in [0.717, 1.165) is 31.2 Å². The third-order valence-electron chi connectivity index (χ3n) is 5.75. The lowest BCUT2D eigenvalue weighted by molar-refractivity contribution is -0.125. The fourth-order valence-corrected chi connectivity index (χ4v) is 4.81. The van der Waals surface area contributed by atoms with Crippen LogP contribution in [0.25, 0.3) is 0 Å². The van der Waals surface area contributed by atoms with Crippen LogP contribution in [-0.2, 0) is 25.2 Å². The van der Waals surface area contributed by atoms with Gasteiger partial charge in [0.05, 0.1) is 0 Å². The smallest absolute Gasteiger partial charge is 0.243 e. The number of hydrogen-bond donors (Lipinski definition) is 2. The quantitative estimate of drug-likeness (QED) is 0.567. The average Bonchev–Trinajstić information content (AvgIpc) is 3.29.